The molecule has 1 fully saturated rings. The highest BCUT2D eigenvalue weighted by molar-refractivity contribution is 5.78. The highest BCUT2D eigenvalue weighted by Crippen LogP contribution is 2.23. The molecule has 1 atom stereocenters. The smallest absolute Gasteiger partial charge is 0.223 e. The lowest BCUT2D eigenvalue weighted by Crippen LogP contribution is -2.49. The second kappa shape index (κ2) is 6.86. The third-order valence-corrected chi connectivity index (χ3v) is 3.13. The summed E-state index contributed by atoms with van der Waals surface area (Å²) in [6.07, 6.45) is 4.08. The van der Waals surface area contributed by atoms with Crippen LogP contribution < -0.4 is 11.1 Å². The molecule has 4 heteroatoms. The Kier molecular flexibility index (Phi) is 5.77. The van der Waals surface area contributed by atoms with Crippen LogP contribution in [0.5, 0.6) is 0 Å². The second-order valence-electron chi connectivity index (χ2n) is 4.59. The zero-order valence-corrected chi connectivity index (χ0v) is 10.4. The van der Waals surface area contributed by atoms with Crippen molar-refractivity contribution < 1.29 is 9.53 Å². The molecule has 1 unspecified atom stereocenters. The van der Waals surface area contributed by atoms with Gasteiger partial charge in [0.25, 0.3) is 0 Å². The molecule has 0 saturated heterocycles. The Morgan fingerprint density at radius 1 is 1.56 bits per heavy atom. The molecule has 1 saturated carbocycles. The molecule has 16 heavy (non-hydrogen) atoms. The highest BCUT2D eigenvalue weighted by atomic mass is 16.5. The molecule has 0 aromatic carbocycles. The number of carbonyl (C=O) groups excluding carboxylic acids is 1. The van der Waals surface area contributed by atoms with Gasteiger partial charge < -0.3 is 15.8 Å². The van der Waals surface area contributed by atoms with E-state index in [1.165, 1.54) is 0 Å². The number of nitrogens with one attached hydrogen (secondary N) is 1. The zero-order chi connectivity index (χ0) is 12.0. The number of amides is 1. The fraction of sp³-hybridized carbons (Fsp3) is 0.917. The van der Waals surface area contributed by atoms with Crippen LogP contribution in [0.15, 0.2) is 0 Å². The van der Waals surface area contributed by atoms with E-state index >= 15 is 0 Å². The normalized spacial score (nSPS) is 25.9. The summed E-state index contributed by atoms with van der Waals surface area (Å²) in [5, 5.41) is 3.05. The fourth-order valence-electron chi connectivity index (χ4n) is 1.95. The van der Waals surface area contributed by atoms with E-state index in [-0.39, 0.29) is 11.8 Å². The molecule has 0 bridgehead atoms. The Hall–Kier alpha value is -0.610. The molecule has 4 nitrogen and oxygen atoms in total. The van der Waals surface area contributed by atoms with Gasteiger partial charge in [0.15, 0.2) is 0 Å². The van der Waals surface area contributed by atoms with Crippen molar-refractivity contribution in [1.29, 1.82) is 0 Å². The lowest BCUT2D eigenvalue weighted by atomic mass is 9.88. The first kappa shape index (κ1) is 13.5. The van der Waals surface area contributed by atoms with Crippen LogP contribution >= 0.6 is 0 Å². The van der Waals surface area contributed by atoms with E-state index in [0.29, 0.717) is 18.7 Å². The third-order valence-electron chi connectivity index (χ3n) is 3.13. The monoisotopic (exact) mass is 228 g/mol. The van der Waals surface area contributed by atoms with Crippen LogP contribution in [0.2, 0.25) is 0 Å². The van der Waals surface area contributed by atoms with Gasteiger partial charge in [-0.05, 0) is 39.2 Å². The predicted molar refractivity (Wildman–Crippen MR) is 64.0 cm³/mol. The van der Waals surface area contributed by atoms with Crippen molar-refractivity contribution >= 4 is 5.91 Å². The molecule has 1 aliphatic carbocycles. The number of rotatable bonds is 7. The van der Waals surface area contributed by atoms with Gasteiger partial charge in [0, 0.05) is 18.6 Å². The van der Waals surface area contributed by atoms with Gasteiger partial charge in [0.1, 0.15) is 0 Å². The SMILES string of the molecule is CCOC1CC(NC(=O)C(C)CCCN)C1. The van der Waals surface area contributed by atoms with Crippen molar-refractivity contribution in [2.75, 3.05) is 13.2 Å². The molecule has 0 heterocycles. The molecule has 1 aliphatic rings. The summed E-state index contributed by atoms with van der Waals surface area (Å²) in [7, 11) is 0. The number of hydrogen-bond acceptors (Lipinski definition) is 3. The minimum absolute atomic E-state index is 0.0784. The molecule has 0 aliphatic heterocycles. The van der Waals surface area contributed by atoms with Gasteiger partial charge in [-0.1, -0.05) is 6.92 Å². The molecular formula is C12H24N2O2. The lowest BCUT2D eigenvalue weighted by molar-refractivity contribution is -0.127. The maximum atomic E-state index is 11.7. The molecule has 1 rings (SSSR count). The average Bonchev–Trinajstić information content (AvgIpc) is 2.22. The standard InChI is InChI=1S/C12H24N2O2/c1-3-16-11-7-10(8-11)14-12(15)9(2)5-4-6-13/h9-11H,3-8,13H2,1-2H3,(H,14,15). The second-order valence-corrected chi connectivity index (χ2v) is 4.59. The van der Waals surface area contributed by atoms with E-state index < -0.39 is 0 Å². The Labute approximate surface area is 97.9 Å². The molecule has 94 valence electrons. The van der Waals surface area contributed by atoms with Crippen LogP contribution in [0.1, 0.15) is 39.5 Å². The molecule has 0 radical (unpaired) electrons. The Bertz CT molecular complexity index is 215. The van der Waals surface area contributed by atoms with Gasteiger partial charge in [0.2, 0.25) is 5.91 Å². The largest absolute Gasteiger partial charge is 0.378 e. The van der Waals surface area contributed by atoms with Crippen LogP contribution in [-0.2, 0) is 9.53 Å². The van der Waals surface area contributed by atoms with E-state index in [4.69, 9.17) is 10.5 Å². The number of carbonyl (C=O) groups is 1. The van der Waals surface area contributed by atoms with Crippen molar-refractivity contribution in [2.45, 2.75) is 51.7 Å². The minimum atomic E-state index is 0.0784. The van der Waals surface area contributed by atoms with Crippen molar-refractivity contribution in [2.24, 2.45) is 11.7 Å². The molecule has 1 amide bonds. The highest BCUT2D eigenvalue weighted by Gasteiger charge is 2.31. The first-order valence-corrected chi connectivity index (χ1v) is 6.29. The molecule has 0 aromatic rings. The molecular weight excluding hydrogens is 204 g/mol. The van der Waals surface area contributed by atoms with Crippen molar-refractivity contribution in [3.05, 3.63) is 0 Å². The van der Waals surface area contributed by atoms with Crippen LogP contribution in [0.25, 0.3) is 0 Å². The summed E-state index contributed by atoms with van der Waals surface area (Å²) < 4.78 is 5.45. The first-order valence-electron chi connectivity index (χ1n) is 6.29. The zero-order valence-electron chi connectivity index (χ0n) is 10.4. The number of nitrogens with two attached hydrogens (primary N) is 1. The van der Waals surface area contributed by atoms with Gasteiger partial charge in [-0.25, -0.2) is 0 Å². The van der Waals surface area contributed by atoms with Crippen LogP contribution in [0, 0.1) is 5.92 Å². The van der Waals surface area contributed by atoms with Gasteiger partial charge in [-0.3, -0.25) is 4.79 Å². The lowest BCUT2D eigenvalue weighted by Gasteiger charge is -2.35. The van der Waals surface area contributed by atoms with E-state index in [2.05, 4.69) is 5.32 Å². The van der Waals surface area contributed by atoms with Crippen LogP contribution in [-0.4, -0.2) is 31.2 Å². The summed E-state index contributed by atoms with van der Waals surface area (Å²) in [4.78, 5) is 11.7. The minimum Gasteiger partial charge on any atom is -0.378 e. The summed E-state index contributed by atoms with van der Waals surface area (Å²) in [6.45, 7) is 5.39. The van der Waals surface area contributed by atoms with Gasteiger partial charge in [0.05, 0.1) is 6.10 Å². The molecule has 0 spiro atoms. The van der Waals surface area contributed by atoms with Crippen molar-refractivity contribution in [3.8, 4) is 0 Å². The van der Waals surface area contributed by atoms with Gasteiger partial charge in [-0.15, -0.1) is 0 Å². The summed E-state index contributed by atoms with van der Waals surface area (Å²) in [5.41, 5.74) is 5.42. The molecule has 3 N–H and O–H groups in total. The molecule has 0 aromatic heterocycles. The number of ether oxygens (including phenoxy) is 1. The maximum Gasteiger partial charge on any atom is 0.223 e. The van der Waals surface area contributed by atoms with E-state index in [1.807, 2.05) is 13.8 Å². The Morgan fingerprint density at radius 2 is 2.25 bits per heavy atom. The first-order chi connectivity index (χ1) is 7.67. The average molecular weight is 228 g/mol. The van der Waals surface area contributed by atoms with E-state index in [1.54, 1.807) is 0 Å². The maximum absolute atomic E-state index is 11.7. The number of hydrogen-bond donors (Lipinski definition) is 2. The van der Waals surface area contributed by atoms with Crippen molar-refractivity contribution in [3.63, 3.8) is 0 Å². The predicted octanol–water partition coefficient (Wildman–Crippen LogP) is 1.05. The van der Waals surface area contributed by atoms with E-state index in [0.717, 1.165) is 32.3 Å². The third kappa shape index (κ3) is 4.10. The van der Waals surface area contributed by atoms with Gasteiger partial charge >= 0.3 is 0 Å². The Morgan fingerprint density at radius 3 is 2.81 bits per heavy atom. The topological polar surface area (TPSA) is 64.3 Å². The van der Waals surface area contributed by atoms with E-state index in [9.17, 15) is 4.79 Å². The summed E-state index contributed by atoms with van der Waals surface area (Å²) in [5.74, 6) is 0.239. The quantitative estimate of drug-likeness (QED) is 0.684. The van der Waals surface area contributed by atoms with Crippen molar-refractivity contribution in [1.82, 2.24) is 5.32 Å². The summed E-state index contributed by atoms with van der Waals surface area (Å²) >= 11 is 0. The van der Waals surface area contributed by atoms with Crippen LogP contribution in [0.3, 0.4) is 0 Å². The van der Waals surface area contributed by atoms with Gasteiger partial charge in [-0.2, -0.15) is 0 Å². The summed E-state index contributed by atoms with van der Waals surface area (Å²) in [6, 6.07) is 0.323. The fourth-order valence-corrected chi connectivity index (χ4v) is 1.95. The van der Waals surface area contributed by atoms with Crippen LogP contribution in [0.4, 0.5) is 0 Å². The Balaban J connectivity index is 2.11.